The number of carbonyl (C=O) groups is 1. The average molecular weight is 475 g/mol. The number of rotatable bonds is 3. The van der Waals surface area contributed by atoms with Crippen molar-refractivity contribution in [3.05, 3.63) is 65.9 Å². The van der Waals surface area contributed by atoms with Gasteiger partial charge in [0, 0.05) is 12.6 Å². The lowest BCUT2D eigenvalue weighted by molar-refractivity contribution is -0.274. The van der Waals surface area contributed by atoms with Crippen molar-refractivity contribution >= 4 is 28.3 Å². The summed E-state index contributed by atoms with van der Waals surface area (Å²) in [5, 5.41) is 0. The fourth-order valence-electron chi connectivity index (χ4n) is 4.03. The van der Waals surface area contributed by atoms with Crippen molar-refractivity contribution in [2.75, 3.05) is 25.5 Å². The SMILES string of the molecule is Nc1nc2cc(F)c(C(=O)N3CCOCC3c3ccc(OC(F)(F)F)cc3)cc2n2cncc12. The molecule has 1 atom stereocenters. The zero-order valence-electron chi connectivity index (χ0n) is 17.4. The van der Waals surface area contributed by atoms with Crippen LogP contribution in [0.2, 0.25) is 0 Å². The third-order valence-corrected chi connectivity index (χ3v) is 5.58. The topological polar surface area (TPSA) is 95.0 Å². The number of ether oxygens (including phenoxy) is 2. The molecule has 1 aliphatic heterocycles. The molecule has 1 fully saturated rings. The highest BCUT2D eigenvalue weighted by molar-refractivity contribution is 5.98. The maximum Gasteiger partial charge on any atom is 0.573 e. The minimum absolute atomic E-state index is 0.101. The highest BCUT2D eigenvalue weighted by Crippen LogP contribution is 2.31. The molecule has 1 amide bonds. The van der Waals surface area contributed by atoms with E-state index in [1.54, 1.807) is 4.40 Å². The third-order valence-electron chi connectivity index (χ3n) is 5.58. The lowest BCUT2D eigenvalue weighted by Crippen LogP contribution is -2.43. The molecular formula is C22H17F4N5O3. The van der Waals surface area contributed by atoms with Crippen LogP contribution in [0.4, 0.5) is 23.4 Å². The first-order chi connectivity index (χ1) is 16.2. The van der Waals surface area contributed by atoms with Gasteiger partial charge < -0.3 is 20.1 Å². The van der Waals surface area contributed by atoms with Crippen molar-refractivity contribution in [2.24, 2.45) is 0 Å². The van der Waals surface area contributed by atoms with Gasteiger partial charge in [0.25, 0.3) is 5.91 Å². The Morgan fingerprint density at radius 3 is 2.68 bits per heavy atom. The molecule has 1 aliphatic rings. The van der Waals surface area contributed by atoms with Gasteiger partial charge in [-0.2, -0.15) is 0 Å². The van der Waals surface area contributed by atoms with Crippen molar-refractivity contribution in [2.45, 2.75) is 12.4 Å². The fourth-order valence-corrected chi connectivity index (χ4v) is 4.03. The quantitative estimate of drug-likeness (QED) is 0.454. The van der Waals surface area contributed by atoms with Gasteiger partial charge in [-0.1, -0.05) is 12.1 Å². The molecule has 1 unspecified atom stereocenters. The molecule has 3 heterocycles. The van der Waals surface area contributed by atoms with E-state index in [-0.39, 0.29) is 42.4 Å². The summed E-state index contributed by atoms with van der Waals surface area (Å²) in [6.07, 6.45) is -1.81. The maximum atomic E-state index is 15.0. The van der Waals surface area contributed by atoms with Gasteiger partial charge >= 0.3 is 6.36 Å². The first-order valence-electron chi connectivity index (χ1n) is 10.2. The summed E-state index contributed by atoms with van der Waals surface area (Å²) < 4.78 is 63.4. The highest BCUT2D eigenvalue weighted by Gasteiger charge is 2.33. The van der Waals surface area contributed by atoms with E-state index in [0.717, 1.165) is 18.2 Å². The number of nitrogen functional groups attached to an aromatic ring is 1. The number of nitrogens with two attached hydrogens (primary N) is 1. The minimum atomic E-state index is -4.81. The van der Waals surface area contributed by atoms with E-state index < -0.39 is 24.1 Å². The molecule has 12 heteroatoms. The summed E-state index contributed by atoms with van der Waals surface area (Å²) >= 11 is 0. The monoisotopic (exact) mass is 475 g/mol. The normalized spacial score (nSPS) is 16.8. The predicted octanol–water partition coefficient (Wildman–Crippen LogP) is 3.72. The van der Waals surface area contributed by atoms with Crippen molar-refractivity contribution in [1.29, 1.82) is 0 Å². The molecule has 0 spiro atoms. The van der Waals surface area contributed by atoms with Crippen LogP contribution in [0.3, 0.4) is 0 Å². The van der Waals surface area contributed by atoms with E-state index in [2.05, 4.69) is 14.7 Å². The smallest absolute Gasteiger partial charge is 0.406 e. The van der Waals surface area contributed by atoms with Crippen molar-refractivity contribution in [3.63, 3.8) is 0 Å². The molecule has 0 saturated carbocycles. The Hall–Kier alpha value is -3.93. The standard InChI is InChI=1S/C22H17F4N5O3/c23-15-8-16-17(31-11-28-9-18(31)20(27)29-16)7-14(15)21(32)30-5-6-33-10-19(30)12-1-3-13(4-2-12)34-22(24,25)26/h1-4,7-9,11,19H,5-6,10H2,(H2,27,29). The Morgan fingerprint density at radius 1 is 1.18 bits per heavy atom. The Bertz CT molecular complexity index is 1390. The molecule has 8 nitrogen and oxygen atoms in total. The molecule has 176 valence electrons. The van der Waals surface area contributed by atoms with Crippen molar-refractivity contribution in [1.82, 2.24) is 19.3 Å². The number of aromatic nitrogens is 3. The van der Waals surface area contributed by atoms with Crippen LogP contribution in [0.5, 0.6) is 5.75 Å². The van der Waals surface area contributed by atoms with E-state index >= 15 is 4.39 Å². The summed E-state index contributed by atoms with van der Waals surface area (Å²) in [4.78, 5) is 23.1. The van der Waals surface area contributed by atoms with Crippen LogP contribution in [0.15, 0.2) is 48.9 Å². The van der Waals surface area contributed by atoms with E-state index in [1.165, 1.54) is 35.6 Å². The average Bonchev–Trinajstić information content (AvgIpc) is 3.29. The number of hydrogen-bond donors (Lipinski definition) is 1. The second kappa shape index (κ2) is 8.13. The van der Waals surface area contributed by atoms with Gasteiger partial charge in [0.15, 0.2) is 0 Å². The maximum absolute atomic E-state index is 15.0. The summed E-state index contributed by atoms with van der Waals surface area (Å²) in [6, 6.07) is 7.04. The number of halogens is 4. The third kappa shape index (κ3) is 3.96. The first-order valence-corrected chi connectivity index (χ1v) is 10.2. The van der Waals surface area contributed by atoms with Crippen LogP contribution >= 0.6 is 0 Å². The van der Waals surface area contributed by atoms with Gasteiger partial charge in [-0.05, 0) is 23.8 Å². The largest absolute Gasteiger partial charge is 0.573 e. The number of imidazole rings is 1. The van der Waals surface area contributed by atoms with Gasteiger partial charge in [0.2, 0.25) is 0 Å². The van der Waals surface area contributed by atoms with Gasteiger partial charge in [0.05, 0.1) is 48.4 Å². The van der Waals surface area contributed by atoms with Gasteiger partial charge in [-0.15, -0.1) is 13.2 Å². The molecule has 4 aromatic rings. The highest BCUT2D eigenvalue weighted by atomic mass is 19.4. The molecule has 2 aromatic carbocycles. The number of benzene rings is 2. The van der Waals surface area contributed by atoms with Gasteiger partial charge in [0.1, 0.15) is 22.9 Å². The number of hydrogen-bond acceptors (Lipinski definition) is 6. The zero-order chi connectivity index (χ0) is 24.0. The van der Waals surface area contributed by atoms with Crippen LogP contribution in [-0.4, -0.2) is 51.3 Å². The van der Waals surface area contributed by atoms with Crippen LogP contribution in [-0.2, 0) is 4.74 Å². The Kier molecular flexibility index (Phi) is 5.24. The van der Waals surface area contributed by atoms with Crippen LogP contribution < -0.4 is 10.5 Å². The predicted molar refractivity (Wildman–Crippen MR) is 113 cm³/mol. The second-order valence-electron chi connectivity index (χ2n) is 7.67. The number of nitrogens with zero attached hydrogens (tertiary/aromatic N) is 4. The molecular weight excluding hydrogens is 458 g/mol. The second-order valence-corrected chi connectivity index (χ2v) is 7.67. The lowest BCUT2D eigenvalue weighted by Gasteiger charge is -2.36. The molecule has 0 bridgehead atoms. The van der Waals surface area contributed by atoms with Crippen molar-refractivity contribution < 1.29 is 31.8 Å². The molecule has 34 heavy (non-hydrogen) atoms. The van der Waals surface area contributed by atoms with E-state index in [0.29, 0.717) is 16.6 Å². The Labute approximate surface area is 189 Å². The van der Waals surface area contributed by atoms with E-state index in [1.807, 2.05) is 0 Å². The number of anilines is 1. The summed E-state index contributed by atoms with van der Waals surface area (Å²) in [5.74, 6) is -1.58. The van der Waals surface area contributed by atoms with Crippen LogP contribution in [0, 0.1) is 5.82 Å². The van der Waals surface area contributed by atoms with Crippen LogP contribution in [0.1, 0.15) is 22.0 Å². The van der Waals surface area contributed by atoms with E-state index in [4.69, 9.17) is 10.5 Å². The number of fused-ring (bicyclic) bond motifs is 3. The Morgan fingerprint density at radius 2 is 1.94 bits per heavy atom. The first kappa shape index (κ1) is 21.9. The minimum Gasteiger partial charge on any atom is -0.406 e. The molecule has 5 rings (SSSR count). The molecule has 1 saturated heterocycles. The van der Waals surface area contributed by atoms with Gasteiger partial charge in [-0.25, -0.2) is 14.4 Å². The molecule has 2 aromatic heterocycles. The summed E-state index contributed by atoms with van der Waals surface area (Å²) in [6.45, 7) is 0.503. The number of alkyl halides is 3. The molecule has 0 radical (unpaired) electrons. The Balaban J connectivity index is 1.50. The number of carbonyl (C=O) groups excluding carboxylic acids is 1. The van der Waals surface area contributed by atoms with Crippen molar-refractivity contribution in [3.8, 4) is 5.75 Å². The molecule has 2 N–H and O–H groups in total. The van der Waals surface area contributed by atoms with E-state index in [9.17, 15) is 18.0 Å². The fraction of sp³-hybridized carbons (Fsp3) is 0.227. The van der Waals surface area contributed by atoms with Crippen LogP contribution in [0.25, 0.3) is 16.6 Å². The number of amides is 1. The molecule has 0 aliphatic carbocycles. The van der Waals surface area contributed by atoms with Gasteiger partial charge in [-0.3, -0.25) is 9.20 Å². The number of morpholine rings is 1. The summed E-state index contributed by atoms with van der Waals surface area (Å²) in [7, 11) is 0. The lowest BCUT2D eigenvalue weighted by atomic mass is 10.0. The summed E-state index contributed by atoms with van der Waals surface area (Å²) in [5.41, 5.74) is 7.47. The zero-order valence-corrected chi connectivity index (χ0v) is 17.4.